The molecule has 6 nitrogen and oxygen atoms in total. The van der Waals surface area contributed by atoms with Crippen molar-refractivity contribution >= 4 is 5.97 Å². The van der Waals surface area contributed by atoms with Gasteiger partial charge in [-0.1, -0.05) is 62.5 Å². The van der Waals surface area contributed by atoms with Gasteiger partial charge in [-0.3, -0.25) is 4.79 Å². The zero-order valence-electron chi connectivity index (χ0n) is 18.8. The smallest absolute Gasteiger partial charge is 0.306 e. The predicted octanol–water partition coefficient (Wildman–Crippen LogP) is 3.23. The minimum atomic E-state index is -1.02. The van der Waals surface area contributed by atoms with Gasteiger partial charge in [-0.25, -0.2) is 0 Å². The zero-order valence-corrected chi connectivity index (χ0v) is 18.8. The highest BCUT2D eigenvalue weighted by Crippen LogP contribution is 2.31. The average Bonchev–Trinajstić information content (AvgIpc) is 3.45. The first-order valence-electron chi connectivity index (χ1n) is 11.3. The van der Waals surface area contributed by atoms with Crippen LogP contribution in [0.1, 0.15) is 52.9 Å². The van der Waals surface area contributed by atoms with Crippen LogP contribution in [0.15, 0.2) is 48.6 Å². The summed E-state index contributed by atoms with van der Waals surface area (Å²) in [6.45, 7) is 5.94. The molecular formula is C25H38O6. The highest BCUT2D eigenvalue weighted by molar-refractivity contribution is 5.69. The van der Waals surface area contributed by atoms with Crippen LogP contribution in [0.4, 0.5) is 0 Å². The van der Waals surface area contributed by atoms with Crippen molar-refractivity contribution in [2.75, 3.05) is 0 Å². The number of hydrogen-bond donors (Lipinski definition) is 3. The van der Waals surface area contributed by atoms with Crippen molar-refractivity contribution in [3.8, 4) is 0 Å². The minimum absolute atomic E-state index is 0.0185. The molecule has 174 valence electrons. The Balaban J connectivity index is 2.04. The number of rotatable bonds is 6. The van der Waals surface area contributed by atoms with Crippen molar-refractivity contribution in [2.24, 2.45) is 11.8 Å². The predicted molar refractivity (Wildman–Crippen MR) is 120 cm³/mol. The summed E-state index contributed by atoms with van der Waals surface area (Å²) in [5.74, 6) is -0.179. The lowest BCUT2D eigenvalue weighted by atomic mass is 9.96. The highest BCUT2D eigenvalue weighted by Gasteiger charge is 2.41. The molecule has 2 aliphatic heterocycles. The Morgan fingerprint density at radius 2 is 1.94 bits per heavy atom. The maximum absolute atomic E-state index is 12.5. The molecular weight excluding hydrogens is 396 g/mol. The van der Waals surface area contributed by atoms with Gasteiger partial charge in [0.1, 0.15) is 24.4 Å². The first-order valence-corrected chi connectivity index (χ1v) is 11.3. The first-order chi connectivity index (χ1) is 14.8. The van der Waals surface area contributed by atoms with E-state index in [0.717, 1.165) is 6.42 Å². The summed E-state index contributed by atoms with van der Waals surface area (Å²) in [6, 6.07) is 0. The van der Waals surface area contributed by atoms with Crippen LogP contribution < -0.4 is 0 Å². The molecule has 1 saturated heterocycles. The number of carbonyl (C=O) groups excluding carboxylic acids is 1. The lowest BCUT2D eigenvalue weighted by Crippen LogP contribution is -2.34. The van der Waals surface area contributed by atoms with Crippen LogP contribution in [0.3, 0.4) is 0 Å². The molecule has 0 aromatic carbocycles. The number of carbonyl (C=O) groups is 1. The molecule has 0 saturated carbocycles. The van der Waals surface area contributed by atoms with Gasteiger partial charge in [0.05, 0.1) is 12.2 Å². The van der Waals surface area contributed by atoms with E-state index in [-0.39, 0.29) is 36.4 Å². The molecule has 2 rings (SSSR count). The Hall–Kier alpha value is -1.73. The fraction of sp³-hybridized carbons (Fsp3) is 0.640. The van der Waals surface area contributed by atoms with Gasteiger partial charge in [0.25, 0.3) is 0 Å². The summed E-state index contributed by atoms with van der Waals surface area (Å²) in [5, 5.41) is 30.9. The third-order valence-electron chi connectivity index (χ3n) is 5.62. The Labute approximate surface area is 185 Å². The lowest BCUT2D eigenvalue weighted by molar-refractivity contribution is -0.157. The molecule has 0 radical (unpaired) electrons. The standard InChI is InChI=1S/C25H38O6/c1-4-5-6-7-9-17(2)14-21(28)23-16-24-22(30-24)13-12-20(27)19(26)11-8-10-18(3)15-25(29)31-23/h4-5,7-9,11-13,17-24,26-28H,6,10,14-16H2,1-3H3/b5-4+,9-7+,11-8-,13-12?/t17-,18-,19-,20-,21-,22-,23-,24-/m0/s1. The zero-order chi connectivity index (χ0) is 22.8. The second-order valence-electron chi connectivity index (χ2n) is 8.76. The second-order valence-corrected chi connectivity index (χ2v) is 8.76. The molecule has 3 N–H and O–H groups in total. The molecule has 0 aromatic heterocycles. The maximum atomic E-state index is 12.5. The van der Waals surface area contributed by atoms with Gasteiger partial charge in [-0.2, -0.15) is 0 Å². The molecule has 6 heteroatoms. The number of cyclic esters (lactones) is 1. The Kier molecular flexibility index (Phi) is 10.7. The number of epoxide rings is 1. The van der Waals surface area contributed by atoms with Crippen molar-refractivity contribution in [3.63, 3.8) is 0 Å². The monoisotopic (exact) mass is 434 g/mol. The summed E-state index contributed by atoms with van der Waals surface area (Å²) in [4.78, 5) is 12.5. The molecule has 0 aliphatic carbocycles. The van der Waals surface area contributed by atoms with Crippen molar-refractivity contribution in [1.29, 1.82) is 0 Å². The Bertz CT molecular complexity index is 667. The molecule has 0 unspecified atom stereocenters. The molecule has 2 aliphatic rings. The van der Waals surface area contributed by atoms with Crippen LogP contribution in [-0.4, -0.2) is 57.9 Å². The van der Waals surface area contributed by atoms with E-state index in [9.17, 15) is 20.1 Å². The highest BCUT2D eigenvalue weighted by atomic mass is 16.6. The average molecular weight is 435 g/mol. The maximum Gasteiger partial charge on any atom is 0.306 e. The van der Waals surface area contributed by atoms with E-state index in [1.165, 1.54) is 6.08 Å². The summed E-state index contributed by atoms with van der Waals surface area (Å²) in [6.07, 6.45) is 13.4. The molecule has 1 fully saturated rings. The van der Waals surface area contributed by atoms with Crippen LogP contribution in [0.5, 0.6) is 0 Å². The van der Waals surface area contributed by atoms with Crippen molar-refractivity contribution in [1.82, 2.24) is 0 Å². The molecule has 31 heavy (non-hydrogen) atoms. The number of allylic oxidation sites excluding steroid dienone is 5. The quantitative estimate of drug-likeness (QED) is 0.337. The molecule has 0 aromatic rings. The van der Waals surface area contributed by atoms with Crippen molar-refractivity contribution in [2.45, 2.75) is 89.5 Å². The Morgan fingerprint density at radius 1 is 1.19 bits per heavy atom. The van der Waals surface area contributed by atoms with Gasteiger partial charge in [-0.05, 0) is 38.0 Å². The van der Waals surface area contributed by atoms with Gasteiger partial charge in [0.2, 0.25) is 0 Å². The van der Waals surface area contributed by atoms with E-state index in [2.05, 4.69) is 18.2 Å². The van der Waals surface area contributed by atoms with E-state index >= 15 is 0 Å². The number of aliphatic hydroxyl groups is 3. The van der Waals surface area contributed by atoms with E-state index in [1.807, 2.05) is 26.8 Å². The normalized spacial score (nSPS) is 35.7. The van der Waals surface area contributed by atoms with Crippen molar-refractivity contribution in [3.05, 3.63) is 48.6 Å². The topological polar surface area (TPSA) is 99.5 Å². The van der Waals surface area contributed by atoms with E-state index in [0.29, 0.717) is 19.3 Å². The molecule has 0 amide bonds. The summed E-state index contributed by atoms with van der Waals surface area (Å²) < 4.78 is 11.3. The van der Waals surface area contributed by atoms with E-state index in [1.54, 1.807) is 18.2 Å². The molecule has 8 atom stereocenters. The lowest BCUT2D eigenvalue weighted by Gasteiger charge is -2.25. The fourth-order valence-corrected chi connectivity index (χ4v) is 3.65. The summed E-state index contributed by atoms with van der Waals surface area (Å²) >= 11 is 0. The van der Waals surface area contributed by atoms with Crippen LogP contribution in [0.2, 0.25) is 0 Å². The van der Waals surface area contributed by atoms with E-state index in [4.69, 9.17) is 9.47 Å². The largest absolute Gasteiger partial charge is 0.459 e. The van der Waals surface area contributed by atoms with Gasteiger partial charge in [0, 0.05) is 12.8 Å². The number of ether oxygens (including phenoxy) is 2. The number of aliphatic hydroxyl groups excluding tert-OH is 3. The number of hydrogen-bond acceptors (Lipinski definition) is 6. The van der Waals surface area contributed by atoms with Crippen LogP contribution >= 0.6 is 0 Å². The third-order valence-corrected chi connectivity index (χ3v) is 5.62. The summed E-state index contributed by atoms with van der Waals surface area (Å²) in [7, 11) is 0. The van der Waals surface area contributed by atoms with Gasteiger partial charge >= 0.3 is 5.97 Å². The van der Waals surface area contributed by atoms with Crippen molar-refractivity contribution < 1.29 is 29.6 Å². The number of esters is 1. The third kappa shape index (κ3) is 9.52. The minimum Gasteiger partial charge on any atom is -0.459 e. The second kappa shape index (κ2) is 13.0. The van der Waals surface area contributed by atoms with E-state index < -0.39 is 24.4 Å². The molecule has 2 heterocycles. The number of fused-ring (bicyclic) bond motifs is 1. The SMILES string of the molecule is C/C=C/C/C=C/[C@H](C)C[C@H](O)[C@@H]1C[C@@H]2O[C@H]2C=C[C@H](O)[C@@H](O)/C=C\C[C@H](C)CC(=O)O1. The molecule has 0 bridgehead atoms. The first kappa shape index (κ1) is 25.5. The van der Waals surface area contributed by atoms with Gasteiger partial charge in [0.15, 0.2) is 0 Å². The van der Waals surface area contributed by atoms with Crippen LogP contribution in [-0.2, 0) is 14.3 Å². The van der Waals surface area contributed by atoms with Crippen LogP contribution in [0, 0.1) is 11.8 Å². The van der Waals surface area contributed by atoms with Crippen LogP contribution in [0.25, 0.3) is 0 Å². The van der Waals surface area contributed by atoms with Gasteiger partial charge in [-0.15, -0.1) is 0 Å². The fourth-order valence-electron chi connectivity index (χ4n) is 3.65. The molecule has 0 spiro atoms. The Morgan fingerprint density at radius 3 is 2.68 bits per heavy atom. The summed E-state index contributed by atoms with van der Waals surface area (Å²) in [5.41, 5.74) is 0. The van der Waals surface area contributed by atoms with Gasteiger partial charge < -0.3 is 24.8 Å².